The molecule has 88 valence electrons. The highest BCUT2D eigenvalue weighted by atomic mass is 15.2. The molecule has 0 atom stereocenters. The van der Waals surface area contributed by atoms with Crippen LogP contribution in [0.3, 0.4) is 0 Å². The number of hydrogen-bond acceptors (Lipinski definition) is 2. The average Bonchev–Trinajstić information content (AvgIpc) is 2.17. The van der Waals surface area contributed by atoms with Crippen LogP contribution in [-0.4, -0.2) is 36.6 Å². The molecule has 1 fully saturated rings. The zero-order chi connectivity index (χ0) is 11.3. The van der Waals surface area contributed by atoms with Crippen LogP contribution < -0.4 is 5.32 Å². The monoisotopic (exact) mass is 210 g/mol. The first kappa shape index (κ1) is 12.7. The van der Waals surface area contributed by atoms with Crippen LogP contribution in [0.25, 0.3) is 0 Å². The van der Waals surface area contributed by atoms with Crippen LogP contribution in [0.15, 0.2) is 12.7 Å². The highest BCUT2D eigenvalue weighted by Gasteiger charge is 2.24. The van der Waals surface area contributed by atoms with E-state index in [0.717, 1.165) is 12.5 Å². The molecule has 0 unspecified atom stereocenters. The zero-order valence-electron chi connectivity index (χ0n) is 10.6. The summed E-state index contributed by atoms with van der Waals surface area (Å²) in [6.45, 7) is 15.3. The Balaban J connectivity index is 2.45. The van der Waals surface area contributed by atoms with E-state index >= 15 is 0 Å². The second kappa shape index (κ2) is 5.66. The molecule has 1 aliphatic rings. The smallest absolute Gasteiger partial charge is 0.0165 e. The first-order chi connectivity index (χ1) is 7.04. The second-order valence-electron chi connectivity index (χ2n) is 5.56. The molecular formula is C13H26N2. The van der Waals surface area contributed by atoms with Crippen LogP contribution in [-0.2, 0) is 0 Å². The molecule has 0 aliphatic carbocycles. The summed E-state index contributed by atoms with van der Waals surface area (Å²) in [5.41, 5.74) is 0.263. The molecular weight excluding hydrogens is 184 g/mol. The highest BCUT2D eigenvalue weighted by molar-refractivity contribution is 4.85. The predicted molar refractivity (Wildman–Crippen MR) is 67.1 cm³/mol. The van der Waals surface area contributed by atoms with Gasteiger partial charge in [0.15, 0.2) is 0 Å². The van der Waals surface area contributed by atoms with Crippen LogP contribution in [0, 0.1) is 5.92 Å². The van der Waals surface area contributed by atoms with Crippen molar-refractivity contribution in [2.24, 2.45) is 5.92 Å². The van der Waals surface area contributed by atoms with Crippen LogP contribution in [0.2, 0.25) is 0 Å². The summed E-state index contributed by atoms with van der Waals surface area (Å²) < 4.78 is 0. The fraction of sp³-hybridized carbons (Fsp3) is 0.846. The van der Waals surface area contributed by atoms with Gasteiger partial charge in [-0.3, -0.25) is 4.90 Å². The highest BCUT2D eigenvalue weighted by Crippen LogP contribution is 2.19. The van der Waals surface area contributed by atoms with Crippen LogP contribution in [0.4, 0.5) is 0 Å². The van der Waals surface area contributed by atoms with Gasteiger partial charge >= 0.3 is 0 Å². The Bertz CT molecular complexity index is 187. The summed E-state index contributed by atoms with van der Waals surface area (Å²) in [6.07, 6.45) is 4.67. The Hall–Kier alpha value is -0.340. The van der Waals surface area contributed by atoms with Crippen molar-refractivity contribution in [3.63, 3.8) is 0 Å². The van der Waals surface area contributed by atoms with Crippen molar-refractivity contribution in [1.82, 2.24) is 10.2 Å². The zero-order valence-corrected chi connectivity index (χ0v) is 10.6. The number of hydrogen-bond donors (Lipinski definition) is 1. The first-order valence-electron chi connectivity index (χ1n) is 6.10. The molecule has 2 heteroatoms. The molecule has 0 spiro atoms. The molecule has 1 N–H and O–H groups in total. The lowest BCUT2D eigenvalue weighted by atomic mass is 9.95. The van der Waals surface area contributed by atoms with Gasteiger partial charge in [-0.15, -0.1) is 6.58 Å². The van der Waals surface area contributed by atoms with Gasteiger partial charge in [-0.25, -0.2) is 0 Å². The van der Waals surface area contributed by atoms with Crippen molar-refractivity contribution in [1.29, 1.82) is 0 Å². The predicted octanol–water partition coefficient (Wildman–Crippen LogP) is 2.27. The summed E-state index contributed by atoms with van der Waals surface area (Å²) in [5.74, 6) is 0.866. The van der Waals surface area contributed by atoms with Gasteiger partial charge in [0.25, 0.3) is 0 Å². The minimum atomic E-state index is 0.263. The lowest BCUT2D eigenvalue weighted by Gasteiger charge is -2.38. The van der Waals surface area contributed by atoms with Gasteiger partial charge in [0, 0.05) is 18.6 Å². The Kier molecular flexibility index (Phi) is 4.81. The standard InChI is InChI=1S/C13H26N2/c1-5-10-15(13(2,3)4)11-12-6-8-14-9-7-12/h5,12,14H,1,6-11H2,2-4H3. The first-order valence-corrected chi connectivity index (χ1v) is 6.10. The molecule has 0 radical (unpaired) electrons. The van der Waals surface area contributed by atoms with Gasteiger partial charge in [-0.05, 0) is 52.6 Å². The average molecular weight is 210 g/mol. The third kappa shape index (κ3) is 4.35. The maximum absolute atomic E-state index is 3.85. The van der Waals surface area contributed by atoms with Gasteiger partial charge in [0.1, 0.15) is 0 Å². The molecule has 0 aromatic carbocycles. The summed E-state index contributed by atoms with van der Waals surface area (Å²) in [4.78, 5) is 2.54. The van der Waals surface area contributed by atoms with Gasteiger partial charge < -0.3 is 5.32 Å². The Morgan fingerprint density at radius 1 is 1.33 bits per heavy atom. The lowest BCUT2D eigenvalue weighted by molar-refractivity contribution is 0.118. The van der Waals surface area contributed by atoms with E-state index in [-0.39, 0.29) is 5.54 Å². The molecule has 0 aromatic rings. The van der Waals surface area contributed by atoms with Gasteiger partial charge in [-0.1, -0.05) is 6.08 Å². The normalized spacial score (nSPS) is 19.5. The van der Waals surface area contributed by atoms with Crippen molar-refractivity contribution in [3.8, 4) is 0 Å². The maximum atomic E-state index is 3.85. The number of rotatable bonds is 4. The third-order valence-electron chi connectivity index (χ3n) is 3.24. The molecule has 0 amide bonds. The molecule has 1 saturated heterocycles. The summed E-state index contributed by atoms with van der Waals surface area (Å²) >= 11 is 0. The lowest BCUT2D eigenvalue weighted by Crippen LogP contribution is -2.45. The van der Waals surface area contributed by atoms with E-state index in [4.69, 9.17) is 0 Å². The molecule has 1 aliphatic heterocycles. The van der Waals surface area contributed by atoms with Crippen LogP contribution in [0.1, 0.15) is 33.6 Å². The topological polar surface area (TPSA) is 15.3 Å². The largest absolute Gasteiger partial charge is 0.317 e. The number of nitrogens with zero attached hydrogens (tertiary/aromatic N) is 1. The SMILES string of the molecule is C=CCN(CC1CCNCC1)C(C)(C)C. The fourth-order valence-electron chi connectivity index (χ4n) is 2.15. The van der Waals surface area contributed by atoms with Crippen molar-refractivity contribution in [2.45, 2.75) is 39.2 Å². The van der Waals surface area contributed by atoms with Crippen LogP contribution >= 0.6 is 0 Å². The molecule has 15 heavy (non-hydrogen) atoms. The van der Waals surface area contributed by atoms with Crippen molar-refractivity contribution in [2.75, 3.05) is 26.2 Å². The third-order valence-corrected chi connectivity index (χ3v) is 3.24. The van der Waals surface area contributed by atoms with E-state index in [9.17, 15) is 0 Å². The summed E-state index contributed by atoms with van der Waals surface area (Å²) in [5, 5.41) is 3.42. The van der Waals surface area contributed by atoms with E-state index in [1.165, 1.54) is 32.5 Å². The van der Waals surface area contributed by atoms with Crippen LogP contribution in [0.5, 0.6) is 0 Å². The Labute approximate surface area is 94.7 Å². The molecule has 0 saturated carbocycles. The number of nitrogens with one attached hydrogen (secondary N) is 1. The minimum Gasteiger partial charge on any atom is -0.317 e. The van der Waals surface area contributed by atoms with Gasteiger partial charge in [-0.2, -0.15) is 0 Å². The van der Waals surface area contributed by atoms with Crippen molar-refractivity contribution >= 4 is 0 Å². The number of piperidine rings is 1. The van der Waals surface area contributed by atoms with Crippen molar-refractivity contribution in [3.05, 3.63) is 12.7 Å². The van der Waals surface area contributed by atoms with E-state index in [1.54, 1.807) is 0 Å². The summed E-state index contributed by atoms with van der Waals surface area (Å²) in [7, 11) is 0. The molecule has 1 heterocycles. The molecule has 1 rings (SSSR count). The quantitative estimate of drug-likeness (QED) is 0.716. The van der Waals surface area contributed by atoms with Gasteiger partial charge in [0.05, 0.1) is 0 Å². The van der Waals surface area contributed by atoms with E-state index in [2.05, 4.69) is 37.6 Å². The maximum Gasteiger partial charge on any atom is 0.0165 e. The minimum absolute atomic E-state index is 0.263. The Morgan fingerprint density at radius 3 is 2.40 bits per heavy atom. The second-order valence-corrected chi connectivity index (χ2v) is 5.56. The summed E-state index contributed by atoms with van der Waals surface area (Å²) in [6, 6.07) is 0. The van der Waals surface area contributed by atoms with E-state index in [0.29, 0.717) is 0 Å². The molecule has 2 nitrogen and oxygen atoms in total. The van der Waals surface area contributed by atoms with E-state index in [1.807, 2.05) is 6.08 Å². The van der Waals surface area contributed by atoms with E-state index < -0.39 is 0 Å². The van der Waals surface area contributed by atoms with Gasteiger partial charge in [0.2, 0.25) is 0 Å². The molecule has 0 aromatic heterocycles. The fourth-order valence-corrected chi connectivity index (χ4v) is 2.15. The Morgan fingerprint density at radius 2 is 1.93 bits per heavy atom. The molecule has 0 bridgehead atoms. The van der Waals surface area contributed by atoms with Crippen molar-refractivity contribution < 1.29 is 0 Å².